The molecule has 99 valence electrons. The molecule has 0 saturated heterocycles. The molecule has 0 amide bonds. The first-order valence-electron chi connectivity index (χ1n) is 6.00. The summed E-state index contributed by atoms with van der Waals surface area (Å²) in [5, 5.41) is 3.22. The Balaban J connectivity index is 2.16. The molecule has 0 atom stereocenters. The fraction of sp³-hybridized carbons (Fsp3) is 0.200. The maximum atomic E-state index is 12.8. The van der Waals surface area contributed by atoms with Crippen molar-refractivity contribution in [1.29, 1.82) is 0 Å². The summed E-state index contributed by atoms with van der Waals surface area (Å²) in [4.78, 5) is 0. The summed E-state index contributed by atoms with van der Waals surface area (Å²) in [6.07, 6.45) is 0. The highest BCUT2D eigenvalue weighted by molar-refractivity contribution is 5.47. The number of rotatable bonds is 5. The molecule has 0 aliphatic carbocycles. The smallest absolute Gasteiger partial charge is 0.124 e. The molecular weight excluding hydrogens is 243 g/mol. The van der Waals surface area contributed by atoms with E-state index in [9.17, 15) is 4.39 Å². The van der Waals surface area contributed by atoms with E-state index < -0.39 is 0 Å². The van der Waals surface area contributed by atoms with Gasteiger partial charge in [-0.25, -0.2) is 4.39 Å². The first-order valence-corrected chi connectivity index (χ1v) is 6.00. The summed E-state index contributed by atoms with van der Waals surface area (Å²) in [6.45, 7) is 0.955. The van der Waals surface area contributed by atoms with E-state index in [0.717, 1.165) is 22.6 Å². The van der Waals surface area contributed by atoms with Gasteiger partial charge < -0.3 is 15.8 Å². The van der Waals surface area contributed by atoms with Gasteiger partial charge in [0.05, 0.1) is 7.11 Å². The highest BCUT2D eigenvalue weighted by Crippen LogP contribution is 2.23. The first-order chi connectivity index (χ1) is 9.24. The van der Waals surface area contributed by atoms with Crippen LogP contribution in [0.15, 0.2) is 36.4 Å². The molecule has 0 bridgehead atoms. The van der Waals surface area contributed by atoms with Crippen molar-refractivity contribution < 1.29 is 9.13 Å². The maximum absolute atomic E-state index is 12.8. The average Bonchev–Trinajstić information content (AvgIpc) is 2.46. The van der Waals surface area contributed by atoms with Crippen molar-refractivity contribution in [2.75, 3.05) is 12.4 Å². The fourth-order valence-corrected chi connectivity index (χ4v) is 1.88. The van der Waals surface area contributed by atoms with Gasteiger partial charge in [-0.1, -0.05) is 6.07 Å². The van der Waals surface area contributed by atoms with Gasteiger partial charge in [0.1, 0.15) is 11.6 Å². The highest BCUT2D eigenvalue weighted by Gasteiger charge is 2.08. The minimum Gasteiger partial charge on any atom is -0.496 e. The van der Waals surface area contributed by atoms with E-state index in [0.29, 0.717) is 13.1 Å². The van der Waals surface area contributed by atoms with Crippen LogP contribution in [0.4, 0.5) is 10.1 Å². The minimum atomic E-state index is -0.251. The lowest BCUT2D eigenvalue weighted by Gasteiger charge is -2.14. The summed E-state index contributed by atoms with van der Waals surface area (Å²) >= 11 is 0. The van der Waals surface area contributed by atoms with E-state index in [-0.39, 0.29) is 5.82 Å². The second-order valence-corrected chi connectivity index (χ2v) is 4.07. The van der Waals surface area contributed by atoms with Crippen LogP contribution in [0.1, 0.15) is 11.1 Å². The summed E-state index contributed by atoms with van der Waals surface area (Å²) < 4.78 is 18.1. The van der Waals surface area contributed by atoms with Gasteiger partial charge in [0.25, 0.3) is 0 Å². The number of anilines is 1. The van der Waals surface area contributed by atoms with Crippen molar-refractivity contribution in [2.24, 2.45) is 5.73 Å². The number of methoxy groups -OCH3 is 1. The molecule has 4 heteroatoms. The molecule has 3 N–H and O–H groups in total. The lowest BCUT2D eigenvalue weighted by atomic mass is 10.1. The van der Waals surface area contributed by atoms with Gasteiger partial charge in [-0.3, -0.25) is 0 Å². The van der Waals surface area contributed by atoms with Crippen LogP contribution >= 0.6 is 0 Å². The van der Waals surface area contributed by atoms with E-state index in [1.165, 1.54) is 12.1 Å². The molecule has 0 aliphatic rings. The molecule has 0 spiro atoms. The fourth-order valence-electron chi connectivity index (χ4n) is 1.88. The third-order valence-electron chi connectivity index (χ3n) is 2.89. The van der Waals surface area contributed by atoms with Crippen molar-refractivity contribution in [3.8, 4) is 5.75 Å². The molecule has 19 heavy (non-hydrogen) atoms. The van der Waals surface area contributed by atoms with Crippen LogP contribution in [0, 0.1) is 11.9 Å². The van der Waals surface area contributed by atoms with Crippen molar-refractivity contribution in [3.63, 3.8) is 0 Å². The number of hydrogen-bond acceptors (Lipinski definition) is 3. The Labute approximate surface area is 112 Å². The Morgan fingerprint density at radius 1 is 1.26 bits per heavy atom. The molecule has 2 aromatic carbocycles. The second-order valence-electron chi connectivity index (χ2n) is 4.07. The Hall–Kier alpha value is -2.07. The van der Waals surface area contributed by atoms with Gasteiger partial charge in [-0.05, 0) is 42.0 Å². The van der Waals surface area contributed by atoms with E-state index in [1.807, 2.05) is 6.07 Å². The van der Waals surface area contributed by atoms with Gasteiger partial charge in [-0.2, -0.15) is 0 Å². The zero-order valence-corrected chi connectivity index (χ0v) is 10.7. The molecule has 0 fully saturated rings. The molecule has 2 aromatic rings. The molecule has 0 unspecified atom stereocenters. The van der Waals surface area contributed by atoms with E-state index >= 15 is 0 Å². The van der Waals surface area contributed by atoms with Crippen molar-refractivity contribution >= 4 is 5.69 Å². The lowest BCUT2D eigenvalue weighted by Crippen LogP contribution is -2.08. The summed E-state index contributed by atoms with van der Waals surface area (Å²) in [6, 6.07) is 13.0. The van der Waals surface area contributed by atoms with Crippen LogP contribution in [-0.2, 0) is 13.1 Å². The summed E-state index contributed by atoms with van der Waals surface area (Å²) in [5.74, 6) is 0.521. The number of nitrogens with two attached hydrogens (primary N) is 1. The van der Waals surface area contributed by atoms with Gasteiger partial charge in [-0.15, -0.1) is 0 Å². The van der Waals surface area contributed by atoms with Crippen LogP contribution in [0.3, 0.4) is 0 Å². The van der Waals surface area contributed by atoms with Crippen molar-refractivity contribution in [2.45, 2.75) is 13.1 Å². The first kappa shape index (κ1) is 13.4. The predicted octanol–water partition coefficient (Wildman–Crippen LogP) is 2.71. The second kappa shape index (κ2) is 6.20. The van der Waals surface area contributed by atoms with Gasteiger partial charge in [0.15, 0.2) is 0 Å². The predicted molar refractivity (Wildman–Crippen MR) is 73.4 cm³/mol. The minimum absolute atomic E-state index is 0.251. The largest absolute Gasteiger partial charge is 0.496 e. The summed E-state index contributed by atoms with van der Waals surface area (Å²) in [7, 11) is 1.62. The molecule has 3 nitrogen and oxygen atoms in total. The molecule has 2 rings (SSSR count). The van der Waals surface area contributed by atoms with Crippen LogP contribution in [0.2, 0.25) is 0 Å². The Kier molecular flexibility index (Phi) is 4.36. The van der Waals surface area contributed by atoms with E-state index in [1.54, 1.807) is 25.3 Å². The number of ether oxygens (including phenoxy) is 1. The van der Waals surface area contributed by atoms with Gasteiger partial charge in [0, 0.05) is 24.3 Å². The highest BCUT2D eigenvalue weighted by atomic mass is 19.1. The zero-order chi connectivity index (χ0) is 13.7. The van der Waals surface area contributed by atoms with Gasteiger partial charge >= 0.3 is 0 Å². The monoisotopic (exact) mass is 259 g/mol. The van der Waals surface area contributed by atoms with Crippen LogP contribution in [-0.4, -0.2) is 7.11 Å². The number of nitrogens with one attached hydrogen (secondary N) is 1. The third kappa shape index (κ3) is 3.23. The third-order valence-corrected chi connectivity index (χ3v) is 2.89. The van der Waals surface area contributed by atoms with Crippen LogP contribution < -0.4 is 15.8 Å². The number of hydrogen-bond donors (Lipinski definition) is 2. The van der Waals surface area contributed by atoms with Crippen LogP contribution in [0.5, 0.6) is 5.75 Å². The van der Waals surface area contributed by atoms with E-state index in [4.69, 9.17) is 10.5 Å². The average molecular weight is 259 g/mol. The SMILES string of the molecule is COc1cc[c]c(CN)c1CNc1ccc(F)cc1. The number of halogens is 1. The quantitative estimate of drug-likeness (QED) is 0.868. The normalized spacial score (nSPS) is 10.3. The number of benzene rings is 2. The molecule has 1 radical (unpaired) electrons. The maximum Gasteiger partial charge on any atom is 0.124 e. The Bertz CT molecular complexity index is 518. The standard InChI is InChI=1S/C15H16FN2O/c1-19-15-4-2-3-11(9-17)14(15)10-18-13-7-5-12(16)6-8-13/h2,4-8,18H,9-10,17H2,1H3. The molecule has 0 saturated carbocycles. The molecular formula is C15H16FN2O. The molecule has 0 aliphatic heterocycles. The van der Waals surface area contributed by atoms with E-state index in [2.05, 4.69) is 11.4 Å². The summed E-state index contributed by atoms with van der Waals surface area (Å²) in [5.41, 5.74) is 8.42. The Morgan fingerprint density at radius 2 is 2.00 bits per heavy atom. The Morgan fingerprint density at radius 3 is 2.63 bits per heavy atom. The van der Waals surface area contributed by atoms with Crippen molar-refractivity contribution in [1.82, 2.24) is 0 Å². The topological polar surface area (TPSA) is 47.3 Å². The van der Waals surface area contributed by atoms with Crippen molar-refractivity contribution in [3.05, 3.63) is 59.4 Å². The van der Waals surface area contributed by atoms with Crippen LogP contribution in [0.25, 0.3) is 0 Å². The molecule has 0 aromatic heterocycles. The van der Waals surface area contributed by atoms with Gasteiger partial charge in [0.2, 0.25) is 0 Å². The lowest BCUT2D eigenvalue weighted by molar-refractivity contribution is 0.409. The zero-order valence-electron chi connectivity index (χ0n) is 10.7. The molecule has 0 heterocycles.